The van der Waals surface area contributed by atoms with Crippen LogP contribution in [0.5, 0.6) is 0 Å². The van der Waals surface area contributed by atoms with Crippen LogP contribution in [0.25, 0.3) is 0 Å². The molecule has 3 heteroatoms. The van der Waals surface area contributed by atoms with Crippen molar-refractivity contribution in [3.8, 4) is 0 Å². The Morgan fingerprint density at radius 1 is 0.750 bits per heavy atom. The van der Waals surface area contributed by atoms with Crippen molar-refractivity contribution in [2.45, 2.75) is 83.7 Å². The van der Waals surface area contributed by atoms with Gasteiger partial charge in [0.25, 0.3) is 0 Å². The molecule has 0 bridgehead atoms. The zero-order valence-electron chi connectivity index (χ0n) is 15.0. The molecule has 0 aliphatic rings. The van der Waals surface area contributed by atoms with Crippen molar-refractivity contribution in [1.82, 2.24) is 0 Å². The fourth-order valence-electron chi connectivity index (χ4n) is 2.84. The molecule has 1 aromatic carbocycles. The molecule has 0 saturated heterocycles. The van der Waals surface area contributed by atoms with Crippen molar-refractivity contribution in [3.05, 3.63) is 35.9 Å². The SMILES string of the molecule is O=C(O)CCCCCCCCCCCCCOCc1ccccc1. The van der Waals surface area contributed by atoms with Crippen molar-refractivity contribution < 1.29 is 14.6 Å². The number of hydrogen-bond donors (Lipinski definition) is 1. The van der Waals surface area contributed by atoms with E-state index < -0.39 is 5.97 Å². The van der Waals surface area contributed by atoms with E-state index in [1.165, 1.54) is 56.9 Å². The normalized spacial score (nSPS) is 10.8. The molecule has 0 radical (unpaired) electrons. The molecule has 0 aromatic heterocycles. The minimum absolute atomic E-state index is 0.328. The zero-order chi connectivity index (χ0) is 17.3. The Morgan fingerprint density at radius 3 is 1.79 bits per heavy atom. The number of aliphatic carboxylic acids is 1. The summed E-state index contributed by atoms with van der Waals surface area (Å²) >= 11 is 0. The highest BCUT2D eigenvalue weighted by Crippen LogP contribution is 2.12. The lowest BCUT2D eigenvalue weighted by Gasteiger charge is -2.05. The summed E-state index contributed by atoms with van der Waals surface area (Å²) in [6.07, 6.45) is 13.7. The molecule has 24 heavy (non-hydrogen) atoms. The maximum absolute atomic E-state index is 10.4. The van der Waals surface area contributed by atoms with Crippen LogP contribution in [-0.4, -0.2) is 17.7 Å². The fraction of sp³-hybridized carbons (Fsp3) is 0.667. The number of rotatable bonds is 16. The quantitative estimate of drug-likeness (QED) is 0.379. The molecule has 0 heterocycles. The summed E-state index contributed by atoms with van der Waals surface area (Å²) in [4.78, 5) is 10.4. The number of benzene rings is 1. The highest BCUT2D eigenvalue weighted by Gasteiger charge is 1.97. The number of hydrogen-bond acceptors (Lipinski definition) is 2. The number of carboxylic acids is 1. The van der Waals surface area contributed by atoms with Gasteiger partial charge in [0.15, 0.2) is 0 Å². The molecule has 0 amide bonds. The molecule has 0 aliphatic carbocycles. The lowest BCUT2D eigenvalue weighted by Crippen LogP contribution is -1.95. The van der Waals surface area contributed by atoms with E-state index in [1.54, 1.807) is 0 Å². The third-order valence-electron chi connectivity index (χ3n) is 4.29. The van der Waals surface area contributed by atoms with E-state index in [4.69, 9.17) is 9.84 Å². The van der Waals surface area contributed by atoms with Crippen LogP contribution in [0.4, 0.5) is 0 Å². The van der Waals surface area contributed by atoms with E-state index >= 15 is 0 Å². The molecule has 136 valence electrons. The van der Waals surface area contributed by atoms with Crippen molar-refractivity contribution >= 4 is 5.97 Å². The fourth-order valence-corrected chi connectivity index (χ4v) is 2.84. The molecule has 1 aromatic rings. The van der Waals surface area contributed by atoms with Crippen LogP contribution in [0.3, 0.4) is 0 Å². The minimum Gasteiger partial charge on any atom is -0.481 e. The molecule has 0 saturated carbocycles. The van der Waals surface area contributed by atoms with Gasteiger partial charge >= 0.3 is 5.97 Å². The molecule has 0 spiro atoms. The maximum atomic E-state index is 10.4. The summed E-state index contributed by atoms with van der Waals surface area (Å²) in [5, 5.41) is 8.55. The van der Waals surface area contributed by atoms with Crippen LogP contribution in [-0.2, 0) is 16.1 Å². The first kappa shape index (κ1) is 20.7. The molecule has 0 aliphatic heterocycles. The number of ether oxygens (including phenoxy) is 1. The summed E-state index contributed by atoms with van der Waals surface area (Å²) in [5.74, 6) is -0.666. The highest BCUT2D eigenvalue weighted by molar-refractivity contribution is 5.66. The van der Waals surface area contributed by atoms with E-state index in [0.717, 1.165) is 32.5 Å². The van der Waals surface area contributed by atoms with Crippen molar-refractivity contribution in [3.63, 3.8) is 0 Å². The van der Waals surface area contributed by atoms with Gasteiger partial charge in [0.05, 0.1) is 6.61 Å². The van der Waals surface area contributed by atoms with Crippen LogP contribution in [0.15, 0.2) is 30.3 Å². The van der Waals surface area contributed by atoms with E-state index in [2.05, 4.69) is 24.3 Å². The van der Waals surface area contributed by atoms with E-state index in [1.807, 2.05) is 6.07 Å². The first-order valence-corrected chi connectivity index (χ1v) is 9.62. The molecular formula is C21H34O3. The first-order chi connectivity index (χ1) is 11.8. The summed E-state index contributed by atoms with van der Waals surface area (Å²) in [5.41, 5.74) is 1.25. The number of carbonyl (C=O) groups is 1. The largest absolute Gasteiger partial charge is 0.481 e. The van der Waals surface area contributed by atoms with Crippen LogP contribution < -0.4 is 0 Å². The Bertz CT molecular complexity index is 403. The summed E-state index contributed by atoms with van der Waals surface area (Å²) in [6.45, 7) is 1.60. The van der Waals surface area contributed by atoms with Crippen LogP contribution in [0.1, 0.15) is 82.6 Å². The number of carboxylic acid groups (broad SMARTS) is 1. The molecule has 0 unspecified atom stereocenters. The Morgan fingerprint density at radius 2 is 1.25 bits per heavy atom. The Labute approximate surface area is 147 Å². The Kier molecular flexibility index (Phi) is 13.1. The van der Waals surface area contributed by atoms with Gasteiger partial charge in [0.1, 0.15) is 0 Å². The van der Waals surface area contributed by atoms with Crippen LogP contribution >= 0.6 is 0 Å². The van der Waals surface area contributed by atoms with Gasteiger partial charge in [0.2, 0.25) is 0 Å². The average Bonchev–Trinajstić information content (AvgIpc) is 2.59. The third-order valence-corrected chi connectivity index (χ3v) is 4.29. The van der Waals surface area contributed by atoms with Gasteiger partial charge in [-0.15, -0.1) is 0 Å². The van der Waals surface area contributed by atoms with Gasteiger partial charge in [0, 0.05) is 13.0 Å². The molecule has 1 N–H and O–H groups in total. The van der Waals surface area contributed by atoms with Gasteiger partial charge in [-0.2, -0.15) is 0 Å². The van der Waals surface area contributed by atoms with Gasteiger partial charge in [-0.3, -0.25) is 4.79 Å². The van der Waals surface area contributed by atoms with E-state index in [0.29, 0.717) is 6.42 Å². The van der Waals surface area contributed by atoms with Gasteiger partial charge < -0.3 is 9.84 Å². The smallest absolute Gasteiger partial charge is 0.303 e. The van der Waals surface area contributed by atoms with Crippen molar-refractivity contribution in [1.29, 1.82) is 0 Å². The summed E-state index contributed by atoms with van der Waals surface area (Å²) in [6, 6.07) is 10.3. The molecule has 0 atom stereocenters. The lowest BCUT2D eigenvalue weighted by molar-refractivity contribution is -0.137. The summed E-state index contributed by atoms with van der Waals surface area (Å²) < 4.78 is 5.69. The van der Waals surface area contributed by atoms with Gasteiger partial charge in [-0.25, -0.2) is 0 Å². The zero-order valence-corrected chi connectivity index (χ0v) is 15.0. The molecule has 0 fully saturated rings. The summed E-state index contributed by atoms with van der Waals surface area (Å²) in [7, 11) is 0. The van der Waals surface area contributed by atoms with Crippen molar-refractivity contribution in [2.24, 2.45) is 0 Å². The lowest BCUT2D eigenvalue weighted by atomic mass is 10.1. The molecular weight excluding hydrogens is 300 g/mol. The standard InChI is InChI=1S/C21H34O3/c22-21(23)17-13-8-6-4-2-1-3-5-7-9-14-18-24-19-20-15-11-10-12-16-20/h10-12,15-16H,1-9,13-14,17-19H2,(H,22,23). The third kappa shape index (κ3) is 13.1. The minimum atomic E-state index is -0.666. The van der Waals surface area contributed by atoms with Gasteiger partial charge in [-0.05, 0) is 18.4 Å². The Hall–Kier alpha value is -1.35. The second-order valence-electron chi connectivity index (χ2n) is 6.57. The van der Waals surface area contributed by atoms with Crippen molar-refractivity contribution in [2.75, 3.05) is 6.61 Å². The molecule has 3 nitrogen and oxygen atoms in total. The second-order valence-corrected chi connectivity index (χ2v) is 6.57. The predicted octanol–water partition coefficient (Wildman–Crippen LogP) is 5.97. The Balaban J connectivity index is 1.72. The molecule has 1 rings (SSSR count). The average molecular weight is 334 g/mol. The maximum Gasteiger partial charge on any atom is 0.303 e. The first-order valence-electron chi connectivity index (χ1n) is 9.62. The van der Waals surface area contributed by atoms with Crippen LogP contribution in [0, 0.1) is 0 Å². The number of unbranched alkanes of at least 4 members (excludes halogenated alkanes) is 10. The predicted molar refractivity (Wildman–Crippen MR) is 99.1 cm³/mol. The highest BCUT2D eigenvalue weighted by atomic mass is 16.5. The topological polar surface area (TPSA) is 46.5 Å². The van der Waals surface area contributed by atoms with E-state index in [-0.39, 0.29) is 0 Å². The van der Waals surface area contributed by atoms with Crippen LogP contribution in [0.2, 0.25) is 0 Å². The van der Waals surface area contributed by atoms with Gasteiger partial charge in [-0.1, -0.05) is 88.1 Å². The monoisotopic (exact) mass is 334 g/mol. The van der Waals surface area contributed by atoms with E-state index in [9.17, 15) is 4.79 Å². The second kappa shape index (κ2) is 15.2.